The van der Waals surface area contributed by atoms with Crippen molar-refractivity contribution in [2.75, 3.05) is 36.5 Å². The number of carbonyl (C=O) groups excluding carboxylic acids is 1. The van der Waals surface area contributed by atoms with Gasteiger partial charge in [0.15, 0.2) is 0 Å². The number of halogens is 2. The molecule has 3 rings (SSSR count). The van der Waals surface area contributed by atoms with Crippen molar-refractivity contribution in [1.29, 1.82) is 0 Å². The van der Waals surface area contributed by atoms with E-state index < -0.39 is 22.5 Å². The van der Waals surface area contributed by atoms with Crippen molar-refractivity contribution in [1.82, 2.24) is 0 Å². The molecule has 1 aliphatic heterocycles. The third-order valence-electron chi connectivity index (χ3n) is 3.91. The highest BCUT2D eigenvalue weighted by Crippen LogP contribution is 2.30. The molecule has 1 heterocycles. The molecule has 1 saturated heterocycles. The van der Waals surface area contributed by atoms with Crippen molar-refractivity contribution in [3.63, 3.8) is 0 Å². The fourth-order valence-corrected chi connectivity index (χ4v) is 2.71. The molecule has 1 aliphatic rings. The van der Waals surface area contributed by atoms with Crippen LogP contribution in [0.3, 0.4) is 0 Å². The van der Waals surface area contributed by atoms with Gasteiger partial charge in [0, 0.05) is 36.5 Å². The van der Waals surface area contributed by atoms with Crippen molar-refractivity contribution in [3.05, 3.63) is 63.7 Å². The molecule has 1 fully saturated rings. The summed E-state index contributed by atoms with van der Waals surface area (Å²) in [5.74, 6) is -2.38. The molecule has 1 N–H and O–H groups in total. The number of ether oxygens (including phenoxy) is 1. The van der Waals surface area contributed by atoms with E-state index in [1.165, 1.54) is 12.1 Å². The molecule has 1 amide bonds. The van der Waals surface area contributed by atoms with Gasteiger partial charge in [-0.05, 0) is 24.3 Å². The maximum atomic E-state index is 13.2. The highest BCUT2D eigenvalue weighted by Gasteiger charge is 2.23. The smallest absolute Gasteiger partial charge is 0.293 e. The lowest BCUT2D eigenvalue weighted by Gasteiger charge is -2.28. The Balaban J connectivity index is 1.86. The normalized spacial score (nSPS) is 14.2. The lowest BCUT2D eigenvalue weighted by atomic mass is 10.1. The van der Waals surface area contributed by atoms with Crippen LogP contribution in [0.4, 0.5) is 25.8 Å². The second-order valence-electron chi connectivity index (χ2n) is 5.67. The number of morpholine rings is 1. The molecule has 2 aromatic carbocycles. The van der Waals surface area contributed by atoms with Crippen LogP contribution in [0.25, 0.3) is 0 Å². The Morgan fingerprint density at radius 2 is 1.77 bits per heavy atom. The zero-order valence-electron chi connectivity index (χ0n) is 13.6. The molecule has 7 nitrogen and oxygen atoms in total. The van der Waals surface area contributed by atoms with E-state index in [4.69, 9.17) is 4.74 Å². The first-order valence-electron chi connectivity index (χ1n) is 7.82. The van der Waals surface area contributed by atoms with Crippen LogP contribution in [0.1, 0.15) is 10.4 Å². The topological polar surface area (TPSA) is 84.7 Å². The average Bonchev–Trinajstić information content (AvgIpc) is 2.61. The Labute approximate surface area is 147 Å². The number of benzene rings is 2. The summed E-state index contributed by atoms with van der Waals surface area (Å²) in [7, 11) is 0. The Morgan fingerprint density at radius 1 is 1.12 bits per heavy atom. The summed E-state index contributed by atoms with van der Waals surface area (Å²) in [4.78, 5) is 24.9. The van der Waals surface area contributed by atoms with E-state index in [1.54, 1.807) is 0 Å². The monoisotopic (exact) mass is 363 g/mol. The predicted molar refractivity (Wildman–Crippen MR) is 90.4 cm³/mol. The third kappa shape index (κ3) is 3.94. The van der Waals surface area contributed by atoms with Gasteiger partial charge in [-0.2, -0.15) is 0 Å². The number of amides is 1. The van der Waals surface area contributed by atoms with E-state index >= 15 is 0 Å². The maximum absolute atomic E-state index is 13.2. The van der Waals surface area contributed by atoms with Gasteiger partial charge in [0.05, 0.1) is 18.1 Å². The summed E-state index contributed by atoms with van der Waals surface area (Å²) in [5.41, 5.74) is 0.113. The fourth-order valence-electron chi connectivity index (χ4n) is 2.71. The van der Waals surface area contributed by atoms with Gasteiger partial charge in [-0.15, -0.1) is 0 Å². The van der Waals surface area contributed by atoms with Crippen LogP contribution in [-0.2, 0) is 4.74 Å². The van der Waals surface area contributed by atoms with Crippen molar-refractivity contribution in [2.24, 2.45) is 0 Å². The number of rotatable bonds is 4. The number of anilines is 2. The van der Waals surface area contributed by atoms with Crippen molar-refractivity contribution < 1.29 is 23.2 Å². The number of hydrogen-bond donors (Lipinski definition) is 1. The van der Waals surface area contributed by atoms with E-state index in [2.05, 4.69) is 5.32 Å². The Morgan fingerprint density at radius 3 is 2.38 bits per heavy atom. The second-order valence-corrected chi connectivity index (χ2v) is 5.67. The first-order chi connectivity index (χ1) is 12.4. The van der Waals surface area contributed by atoms with E-state index in [9.17, 15) is 23.7 Å². The van der Waals surface area contributed by atoms with Gasteiger partial charge in [0.25, 0.3) is 11.6 Å². The number of nitro groups is 1. The van der Waals surface area contributed by atoms with Crippen LogP contribution >= 0.6 is 0 Å². The fraction of sp³-hybridized carbons (Fsp3) is 0.235. The largest absolute Gasteiger partial charge is 0.378 e. The molecule has 0 atom stereocenters. The van der Waals surface area contributed by atoms with Gasteiger partial charge in [-0.1, -0.05) is 0 Å². The molecule has 0 spiro atoms. The predicted octanol–water partition coefficient (Wildman–Crippen LogP) is 2.96. The highest BCUT2D eigenvalue weighted by molar-refractivity contribution is 6.05. The molecule has 0 unspecified atom stereocenters. The number of carbonyl (C=O) groups is 1. The standard InChI is InChI=1S/C17H15F2N3O4/c18-12-8-13(19)10-14(9-12)20-17(23)11-1-2-15(16(7-11)22(24)25)21-3-5-26-6-4-21/h1-2,7-10H,3-6H2,(H,20,23). The van der Waals surface area contributed by atoms with E-state index in [0.717, 1.165) is 18.2 Å². The molecule has 0 saturated carbocycles. The van der Waals surface area contributed by atoms with Crippen molar-refractivity contribution in [3.8, 4) is 0 Å². The second kappa shape index (κ2) is 7.44. The Kier molecular flexibility index (Phi) is 5.08. The number of hydrogen-bond acceptors (Lipinski definition) is 5. The summed E-state index contributed by atoms with van der Waals surface area (Å²) >= 11 is 0. The first kappa shape index (κ1) is 17.7. The van der Waals surface area contributed by atoms with Crippen LogP contribution in [0.5, 0.6) is 0 Å². The number of nitrogens with one attached hydrogen (secondary N) is 1. The molecular formula is C17H15F2N3O4. The number of nitro benzene ring substituents is 1. The summed E-state index contributed by atoms with van der Waals surface area (Å²) in [6.45, 7) is 1.94. The summed E-state index contributed by atoms with van der Waals surface area (Å²) in [6.07, 6.45) is 0. The van der Waals surface area contributed by atoms with Gasteiger partial charge < -0.3 is 15.0 Å². The quantitative estimate of drug-likeness (QED) is 0.667. The Hall–Kier alpha value is -3.07. The zero-order chi connectivity index (χ0) is 18.7. The first-order valence-corrected chi connectivity index (χ1v) is 7.82. The van der Waals surface area contributed by atoms with Crippen LogP contribution in [0, 0.1) is 21.7 Å². The number of nitrogens with zero attached hydrogens (tertiary/aromatic N) is 2. The van der Waals surface area contributed by atoms with Gasteiger partial charge in [0.2, 0.25) is 0 Å². The average molecular weight is 363 g/mol. The van der Waals surface area contributed by atoms with E-state index in [0.29, 0.717) is 38.1 Å². The minimum Gasteiger partial charge on any atom is -0.378 e. The molecule has 26 heavy (non-hydrogen) atoms. The summed E-state index contributed by atoms with van der Waals surface area (Å²) < 4.78 is 31.7. The molecular weight excluding hydrogens is 348 g/mol. The van der Waals surface area contributed by atoms with Crippen LogP contribution in [0.15, 0.2) is 36.4 Å². The summed E-state index contributed by atoms with van der Waals surface area (Å²) in [6, 6.07) is 6.66. The van der Waals surface area contributed by atoms with Crippen LogP contribution in [0.2, 0.25) is 0 Å². The lowest BCUT2D eigenvalue weighted by molar-refractivity contribution is -0.384. The molecule has 0 bridgehead atoms. The zero-order valence-corrected chi connectivity index (χ0v) is 13.6. The Bertz CT molecular complexity index is 834. The third-order valence-corrected chi connectivity index (χ3v) is 3.91. The molecule has 0 aliphatic carbocycles. The van der Waals surface area contributed by atoms with Gasteiger partial charge >= 0.3 is 0 Å². The highest BCUT2D eigenvalue weighted by atomic mass is 19.1. The maximum Gasteiger partial charge on any atom is 0.293 e. The van der Waals surface area contributed by atoms with Crippen LogP contribution in [-0.4, -0.2) is 37.1 Å². The summed E-state index contributed by atoms with van der Waals surface area (Å²) in [5, 5.41) is 13.7. The minimum atomic E-state index is -0.839. The SMILES string of the molecule is O=C(Nc1cc(F)cc(F)c1)c1ccc(N2CCOCC2)c([N+](=O)[O-])c1. The lowest BCUT2D eigenvalue weighted by Crippen LogP contribution is -2.36. The minimum absolute atomic E-state index is 0.0124. The van der Waals surface area contributed by atoms with Gasteiger partial charge in [0.1, 0.15) is 17.3 Å². The molecule has 2 aromatic rings. The van der Waals surface area contributed by atoms with E-state index in [1.807, 2.05) is 4.90 Å². The van der Waals surface area contributed by atoms with Gasteiger partial charge in [-0.25, -0.2) is 8.78 Å². The van der Waals surface area contributed by atoms with Crippen LogP contribution < -0.4 is 10.2 Å². The van der Waals surface area contributed by atoms with Crippen molar-refractivity contribution in [2.45, 2.75) is 0 Å². The molecule has 9 heteroatoms. The molecule has 0 radical (unpaired) electrons. The van der Waals surface area contributed by atoms with Crippen molar-refractivity contribution >= 4 is 23.0 Å². The molecule has 0 aromatic heterocycles. The molecule has 136 valence electrons. The van der Waals surface area contributed by atoms with E-state index in [-0.39, 0.29) is 16.9 Å². The van der Waals surface area contributed by atoms with Gasteiger partial charge in [-0.3, -0.25) is 14.9 Å².